The van der Waals surface area contributed by atoms with E-state index >= 15 is 0 Å². The second-order valence-electron chi connectivity index (χ2n) is 4.81. The van der Waals surface area contributed by atoms with Crippen molar-refractivity contribution >= 4 is 11.6 Å². The highest BCUT2D eigenvalue weighted by Gasteiger charge is 2.28. The van der Waals surface area contributed by atoms with E-state index in [-0.39, 0.29) is 5.91 Å². The third-order valence-electron chi connectivity index (χ3n) is 3.34. The maximum atomic E-state index is 11.9. The van der Waals surface area contributed by atoms with Gasteiger partial charge in [-0.1, -0.05) is 6.92 Å². The van der Waals surface area contributed by atoms with Gasteiger partial charge in [0.05, 0.1) is 5.69 Å². The molecule has 1 fully saturated rings. The molecule has 0 aromatic carbocycles. The Bertz CT molecular complexity index is 409. The summed E-state index contributed by atoms with van der Waals surface area (Å²) in [6.45, 7) is 5.56. The van der Waals surface area contributed by atoms with Gasteiger partial charge in [0.25, 0.3) is 5.91 Å². The van der Waals surface area contributed by atoms with E-state index in [9.17, 15) is 4.79 Å². The number of aromatic nitrogens is 2. The van der Waals surface area contributed by atoms with Crippen LogP contribution in [0.1, 0.15) is 37.2 Å². The first kappa shape index (κ1) is 12.0. The average molecular weight is 236 g/mol. The fourth-order valence-electron chi connectivity index (χ4n) is 1.94. The molecule has 5 nitrogen and oxygen atoms in total. The lowest BCUT2D eigenvalue weighted by Gasteiger charge is -2.10. The molecule has 0 aliphatic heterocycles. The molecule has 0 bridgehead atoms. The topological polar surface area (TPSA) is 72.9 Å². The third kappa shape index (κ3) is 2.78. The Morgan fingerprint density at radius 3 is 2.94 bits per heavy atom. The Balaban J connectivity index is 1.91. The maximum absolute atomic E-state index is 11.9. The molecule has 94 valence electrons. The summed E-state index contributed by atoms with van der Waals surface area (Å²) in [7, 11) is 0. The van der Waals surface area contributed by atoms with Gasteiger partial charge in [0.2, 0.25) is 0 Å². The van der Waals surface area contributed by atoms with E-state index in [1.807, 2.05) is 6.92 Å². The van der Waals surface area contributed by atoms with Crippen molar-refractivity contribution in [3.8, 4) is 0 Å². The van der Waals surface area contributed by atoms with E-state index in [1.54, 1.807) is 10.9 Å². The standard InChI is InChI=1S/C12H20N4O/c1-3-16-7-10(13)11(15-16)12(17)14-6-8(2)9-4-5-9/h7-9H,3-6,13H2,1-2H3,(H,14,17). The van der Waals surface area contributed by atoms with Crippen LogP contribution in [0.3, 0.4) is 0 Å². The summed E-state index contributed by atoms with van der Waals surface area (Å²) in [4.78, 5) is 11.9. The lowest BCUT2D eigenvalue weighted by molar-refractivity contribution is 0.0941. The zero-order valence-electron chi connectivity index (χ0n) is 10.4. The van der Waals surface area contributed by atoms with Crippen LogP contribution in [0.5, 0.6) is 0 Å². The van der Waals surface area contributed by atoms with Gasteiger partial charge in [-0.2, -0.15) is 5.10 Å². The molecule has 2 rings (SSSR count). The molecule has 3 N–H and O–H groups in total. The van der Waals surface area contributed by atoms with Gasteiger partial charge in [0.15, 0.2) is 5.69 Å². The summed E-state index contributed by atoms with van der Waals surface area (Å²) in [5.74, 6) is 1.18. The number of nitrogens with two attached hydrogens (primary N) is 1. The number of nitrogen functional groups attached to an aromatic ring is 1. The number of hydrogen-bond acceptors (Lipinski definition) is 3. The summed E-state index contributed by atoms with van der Waals surface area (Å²) >= 11 is 0. The Kier molecular flexibility index (Phi) is 3.36. The Morgan fingerprint density at radius 1 is 1.71 bits per heavy atom. The highest BCUT2D eigenvalue weighted by atomic mass is 16.2. The number of rotatable bonds is 5. The number of carbonyl (C=O) groups excluding carboxylic acids is 1. The first-order chi connectivity index (χ1) is 8.11. The number of aryl methyl sites for hydroxylation is 1. The Hall–Kier alpha value is -1.52. The smallest absolute Gasteiger partial charge is 0.273 e. The van der Waals surface area contributed by atoms with Crippen molar-refractivity contribution in [2.24, 2.45) is 11.8 Å². The van der Waals surface area contributed by atoms with Crippen LogP contribution in [0, 0.1) is 11.8 Å². The quantitative estimate of drug-likeness (QED) is 0.808. The monoisotopic (exact) mass is 236 g/mol. The van der Waals surface area contributed by atoms with E-state index < -0.39 is 0 Å². The van der Waals surface area contributed by atoms with E-state index in [1.165, 1.54) is 12.8 Å². The minimum absolute atomic E-state index is 0.165. The van der Waals surface area contributed by atoms with Crippen molar-refractivity contribution in [2.45, 2.75) is 33.2 Å². The zero-order valence-corrected chi connectivity index (χ0v) is 10.4. The van der Waals surface area contributed by atoms with Gasteiger partial charge < -0.3 is 11.1 Å². The molecule has 1 aliphatic carbocycles. The molecule has 0 saturated heterocycles. The van der Waals surface area contributed by atoms with Crippen LogP contribution in [-0.2, 0) is 6.54 Å². The van der Waals surface area contributed by atoms with Gasteiger partial charge in [-0.3, -0.25) is 9.48 Å². The first-order valence-corrected chi connectivity index (χ1v) is 6.23. The van der Waals surface area contributed by atoms with Crippen LogP contribution in [0.2, 0.25) is 0 Å². The molecule has 1 unspecified atom stereocenters. The van der Waals surface area contributed by atoms with Crippen LogP contribution in [0.4, 0.5) is 5.69 Å². The molecule has 0 spiro atoms. The number of nitrogens with zero attached hydrogens (tertiary/aromatic N) is 2. The average Bonchev–Trinajstić information content (AvgIpc) is 3.09. The van der Waals surface area contributed by atoms with Gasteiger partial charge in [-0.05, 0) is 31.6 Å². The van der Waals surface area contributed by atoms with Crippen LogP contribution >= 0.6 is 0 Å². The molecule has 1 aliphatic rings. The van der Waals surface area contributed by atoms with Gasteiger partial charge in [0, 0.05) is 19.3 Å². The van der Waals surface area contributed by atoms with E-state index in [2.05, 4.69) is 17.3 Å². The Morgan fingerprint density at radius 2 is 2.41 bits per heavy atom. The largest absolute Gasteiger partial charge is 0.396 e. The van der Waals surface area contributed by atoms with E-state index in [0.29, 0.717) is 23.8 Å². The second kappa shape index (κ2) is 4.77. The normalized spacial score (nSPS) is 16.8. The number of anilines is 1. The molecule has 1 amide bonds. The fourth-order valence-corrected chi connectivity index (χ4v) is 1.94. The molecule has 17 heavy (non-hydrogen) atoms. The second-order valence-corrected chi connectivity index (χ2v) is 4.81. The summed E-state index contributed by atoms with van der Waals surface area (Å²) in [5.41, 5.74) is 6.54. The van der Waals surface area contributed by atoms with Crippen LogP contribution in [-0.4, -0.2) is 22.2 Å². The molecule has 1 aromatic heterocycles. The minimum Gasteiger partial charge on any atom is -0.396 e. The first-order valence-electron chi connectivity index (χ1n) is 6.23. The lowest BCUT2D eigenvalue weighted by atomic mass is 10.1. The molecule has 0 radical (unpaired) electrons. The zero-order chi connectivity index (χ0) is 12.4. The maximum Gasteiger partial charge on any atom is 0.273 e. The Labute approximate surface area is 101 Å². The van der Waals surface area contributed by atoms with Crippen LogP contribution in [0.25, 0.3) is 0 Å². The van der Waals surface area contributed by atoms with Crippen molar-refractivity contribution in [3.05, 3.63) is 11.9 Å². The van der Waals surface area contributed by atoms with Gasteiger partial charge in [-0.25, -0.2) is 0 Å². The predicted octanol–water partition coefficient (Wildman–Crippen LogP) is 1.26. The number of nitrogens with one attached hydrogen (secondary N) is 1. The number of carbonyl (C=O) groups is 1. The highest BCUT2D eigenvalue weighted by Crippen LogP contribution is 2.36. The van der Waals surface area contributed by atoms with Crippen molar-refractivity contribution in [2.75, 3.05) is 12.3 Å². The van der Waals surface area contributed by atoms with Crippen LogP contribution < -0.4 is 11.1 Å². The highest BCUT2D eigenvalue weighted by molar-refractivity contribution is 5.96. The molecular weight excluding hydrogens is 216 g/mol. The fraction of sp³-hybridized carbons (Fsp3) is 0.667. The predicted molar refractivity (Wildman–Crippen MR) is 66.5 cm³/mol. The summed E-state index contributed by atoms with van der Waals surface area (Å²) in [6.07, 6.45) is 4.28. The van der Waals surface area contributed by atoms with Gasteiger partial charge in [-0.15, -0.1) is 0 Å². The summed E-state index contributed by atoms with van der Waals surface area (Å²) < 4.78 is 1.68. The molecule has 1 heterocycles. The molecule has 1 atom stereocenters. The van der Waals surface area contributed by atoms with Gasteiger partial charge >= 0.3 is 0 Å². The lowest BCUT2D eigenvalue weighted by Crippen LogP contribution is -2.29. The summed E-state index contributed by atoms with van der Waals surface area (Å²) in [5, 5.41) is 7.05. The van der Waals surface area contributed by atoms with Crippen LogP contribution in [0.15, 0.2) is 6.20 Å². The van der Waals surface area contributed by atoms with Crippen molar-refractivity contribution in [3.63, 3.8) is 0 Å². The molecule has 5 heteroatoms. The van der Waals surface area contributed by atoms with Gasteiger partial charge in [0.1, 0.15) is 0 Å². The third-order valence-corrected chi connectivity index (χ3v) is 3.34. The molecular formula is C12H20N4O. The molecule has 1 saturated carbocycles. The summed E-state index contributed by atoms with van der Waals surface area (Å²) in [6, 6.07) is 0. The minimum atomic E-state index is -0.165. The SMILES string of the molecule is CCn1cc(N)c(C(=O)NCC(C)C2CC2)n1. The molecule has 1 aromatic rings. The van der Waals surface area contributed by atoms with Crippen molar-refractivity contribution in [1.82, 2.24) is 15.1 Å². The number of amides is 1. The number of hydrogen-bond donors (Lipinski definition) is 2. The van der Waals surface area contributed by atoms with Crippen molar-refractivity contribution in [1.29, 1.82) is 0 Å². The van der Waals surface area contributed by atoms with E-state index in [0.717, 1.165) is 12.5 Å². The van der Waals surface area contributed by atoms with Crippen molar-refractivity contribution < 1.29 is 4.79 Å². The van der Waals surface area contributed by atoms with E-state index in [4.69, 9.17) is 5.73 Å².